The lowest BCUT2D eigenvalue weighted by molar-refractivity contribution is -0.511. The summed E-state index contributed by atoms with van der Waals surface area (Å²) in [5.41, 5.74) is 2.90. The molecule has 0 aromatic heterocycles. The lowest BCUT2D eigenvalue weighted by atomic mass is 9.77. The smallest absolute Gasteiger partial charge is 0.197 e. The summed E-state index contributed by atoms with van der Waals surface area (Å²) in [6, 6.07) is 21.5. The van der Waals surface area contributed by atoms with Gasteiger partial charge in [0.25, 0.3) is 0 Å². The fourth-order valence-electron chi connectivity index (χ4n) is 3.50. The van der Waals surface area contributed by atoms with Crippen molar-refractivity contribution in [3.63, 3.8) is 0 Å². The third kappa shape index (κ3) is 2.18. The Kier molecular flexibility index (Phi) is 3.01. The Bertz CT molecular complexity index is 625. The summed E-state index contributed by atoms with van der Waals surface area (Å²) < 4.78 is 2.43. The number of nitrogens with zero attached hydrogens (tertiary/aromatic N) is 1. The molecule has 1 nitrogen and oxygen atoms in total. The highest BCUT2D eigenvalue weighted by molar-refractivity contribution is 5.72. The van der Waals surface area contributed by atoms with Crippen LogP contribution >= 0.6 is 0 Å². The van der Waals surface area contributed by atoms with E-state index in [9.17, 15) is 0 Å². The number of rotatable bonds is 2. The minimum Gasteiger partial charge on any atom is -0.197 e. The quantitative estimate of drug-likeness (QED) is 0.700. The third-order valence-corrected chi connectivity index (χ3v) is 4.33. The van der Waals surface area contributed by atoms with E-state index in [1.165, 1.54) is 11.3 Å². The highest BCUT2D eigenvalue weighted by atomic mass is 15.1. The van der Waals surface area contributed by atoms with Gasteiger partial charge >= 0.3 is 0 Å². The molecule has 20 heavy (non-hydrogen) atoms. The molecule has 0 amide bonds. The van der Waals surface area contributed by atoms with Crippen LogP contribution in [0, 0.1) is 0 Å². The van der Waals surface area contributed by atoms with E-state index in [1.807, 2.05) is 0 Å². The van der Waals surface area contributed by atoms with Crippen molar-refractivity contribution in [3.05, 3.63) is 66.2 Å². The molecule has 0 fully saturated rings. The van der Waals surface area contributed by atoms with Gasteiger partial charge in [0.15, 0.2) is 11.8 Å². The van der Waals surface area contributed by atoms with E-state index >= 15 is 0 Å². The molecule has 1 heterocycles. The van der Waals surface area contributed by atoms with Crippen LogP contribution in [0.25, 0.3) is 0 Å². The van der Waals surface area contributed by atoms with Gasteiger partial charge in [0.2, 0.25) is 5.69 Å². The normalized spacial score (nSPS) is 24.4. The van der Waals surface area contributed by atoms with Gasteiger partial charge < -0.3 is 0 Å². The Morgan fingerprint density at radius 1 is 0.800 bits per heavy atom. The highest BCUT2D eigenvalue weighted by Gasteiger charge is 2.49. The molecule has 0 saturated carbocycles. The molecule has 0 saturated heterocycles. The molecule has 1 aliphatic heterocycles. The minimum atomic E-state index is 0.0978. The Hall–Kier alpha value is -1.89. The number of hydrogen-bond acceptors (Lipinski definition) is 0. The summed E-state index contributed by atoms with van der Waals surface area (Å²) in [6.07, 6.45) is 3.52. The van der Waals surface area contributed by atoms with Gasteiger partial charge in [0, 0.05) is 32.4 Å². The van der Waals surface area contributed by atoms with Gasteiger partial charge in [0.05, 0.1) is 5.41 Å². The largest absolute Gasteiger partial charge is 0.205 e. The van der Waals surface area contributed by atoms with Crippen molar-refractivity contribution in [3.8, 4) is 0 Å². The first-order valence-corrected chi connectivity index (χ1v) is 7.27. The summed E-state index contributed by atoms with van der Waals surface area (Å²) in [5.74, 6) is 0. The van der Waals surface area contributed by atoms with E-state index < -0.39 is 0 Å². The van der Waals surface area contributed by atoms with Crippen molar-refractivity contribution in [2.75, 3.05) is 0 Å². The molecular formula is C19H22N+. The fourth-order valence-corrected chi connectivity index (χ4v) is 3.50. The van der Waals surface area contributed by atoms with Gasteiger partial charge in [-0.1, -0.05) is 48.5 Å². The lowest BCUT2D eigenvalue weighted by Gasteiger charge is -2.22. The van der Waals surface area contributed by atoms with Gasteiger partial charge in [-0.25, -0.2) is 0 Å². The lowest BCUT2D eigenvalue weighted by Crippen LogP contribution is -2.30. The van der Waals surface area contributed by atoms with E-state index in [0.717, 1.165) is 6.42 Å². The SMILES string of the molecule is CC1(c2ccccc2)C=[N+](c2ccccc2)C(C)(C)C1. The van der Waals surface area contributed by atoms with Crippen molar-refractivity contribution < 1.29 is 4.58 Å². The van der Waals surface area contributed by atoms with E-state index in [4.69, 9.17) is 0 Å². The Labute approximate surface area is 121 Å². The first kappa shape index (κ1) is 13.1. The van der Waals surface area contributed by atoms with Crippen LogP contribution in [-0.4, -0.2) is 16.3 Å². The van der Waals surface area contributed by atoms with Crippen molar-refractivity contribution in [1.29, 1.82) is 0 Å². The topological polar surface area (TPSA) is 3.01 Å². The molecule has 0 N–H and O–H groups in total. The zero-order chi connectivity index (χ0) is 14.2. The molecule has 1 heteroatoms. The van der Waals surface area contributed by atoms with Crippen LogP contribution < -0.4 is 0 Å². The maximum Gasteiger partial charge on any atom is 0.205 e. The minimum absolute atomic E-state index is 0.0978. The van der Waals surface area contributed by atoms with Crippen LogP contribution in [0.15, 0.2) is 60.7 Å². The predicted molar refractivity (Wildman–Crippen MR) is 84.9 cm³/mol. The highest BCUT2D eigenvalue weighted by Crippen LogP contribution is 2.40. The monoisotopic (exact) mass is 264 g/mol. The van der Waals surface area contributed by atoms with Gasteiger partial charge in [-0.05, 0) is 12.5 Å². The molecule has 0 bridgehead atoms. The van der Waals surface area contributed by atoms with Crippen molar-refractivity contribution in [2.24, 2.45) is 0 Å². The summed E-state index contributed by atoms with van der Waals surface area (Å²) in [4.78, 5) is 0. The van der Waals surface area contributed by atoms with Gasteiger partial charge in [-0.3, -0.25) is 0 Å². The van der Waals surface area contributed by atoms with Crippen molar-refractivity contribution in [2.45, 2.75) is 38.1 Å². The van der Waals surface area contributed by atoms with E-state index in [-0.39, 0.29) is 11.0 Å². The number of hydrogen-bond donors (Lipinski definition) is 0. The summed E-state index contributed by atoms with van der Waals surface area (Å²) in [5, 5.41) is 0. The average Bonchev–Trinajstić information content (AvgIpc) is 2.72. The van der Waals surface area contributed by atoms with E-state index in [2.05, 4.69) is 92.2 Å². The van der Waals surface area contributed by atoms with Crippen LogP contribution in [0.5, 0.6) is 0 Å². The third-order valence-electron chi connectivity index (χ3n) is 4.33. The second kappa shape index (κ2) is 4.59. The van der Waals surface area contributed by atoms with Gasteiger partial charge in [-0.2, -0.15) is 4.58 Å². The van der Waals surface area contributed by atoms with E-state index in [0.29, 0.717) is 0 Å². The van der Waals surface area contributed by atoms with Crippen LogP contribution in [-0.2, 0) is 5.41 Å². The number of benzene rings is 2. The van der Waals surface area contributed by atoms with Crippen LogP contribution in [0.4, 0.5) is 5.69 Å². The molecule has 0 spiro atoms. The van der Waals surface area contributed by atoms with Gasteiger partial charge in [0.1, 0.15) is 0 Å². The predicted octanol–water partition coefficient (Wildman–Crippen LogP) is 4.54. The molecule has 2 aromatic rings. The van der Waals surface area contributed by atoms with Gasteiger partial charge in [-0.15, -0.1) is 0 Å². The Balaban J connectivity index is 2.08. The summed E-state index contributed by atoms with van der Waals surface area (Å²) in [6.45, 7) is 6.99. The zero-order valence-corrected chi connectivity index (χ0v) is 12.5. The molecule has 102 valence electrons. The van der Waals surface area contributed by atoms with E-state index in [1.54, 1.807) is 0 Å². The maximum atomic E-state index is 2.43. The van der Waals surface area contributed by atoms with Crippen molar-refractivity contribution >= 4 is 11.9 Å². The zero-order valence-electron chi connectivity index (χ0n) is 12.5. The maximum absolute atomic E-state index is 2.43. The molecule has 0 radical (unpaired) electrons. The summed E-state index contributed by atoms with van der Waals surface area (Å²) >= 11 is 0. The van der Waals surface area contributed by atoms with Crippen LogP contribution in [0.3, 0.4) is 0 Å². The molecule has 1 aliphatic rings. The van der Waals surface area contributed by atoms with Crippen LogP contribution in [0.1, 0.15) is 32.8 Å². The summed E-state index contributed by atoms with van der Waals surface area (Å²) in [7, 11) is 0. The standard InChI is InChI=1S/C19H22N/c1-18(2)14-19(3,16-10-6-4-7-11-16)15-20(18)17-12-8-5-9-13-17/h4-13,15H,14H2,1-3H3/q+1. The first-order chi connectivity index (χ1) is 9.51. The Morgan fingerprint density at radius 3 is 1.95 bits per heavy atom. The average molecular weight is 264 g/mol. The molecular weight excluding hydrogens is 242 g/mol. The molecule has 1 unspecified atom stereocenters. The second-order valence-corrected chi connectivity index (χ2v) is 6.61. The molecule has 2 aromatic carbocycles. The van der Waals surface area contributed by atoms with Crippen molar-refractivity contribution in [1.82, 2.24) is 0 Å². The number of para-hydroxylation sites is 1. The first-order valence-electron chi connectivity index (χ1n) is 7.27. The second-order valence-electron chi connectivity index (χ2n) is 6.61. The molecule has 1 atom stereocenters. The Morgan fingerprint density at radius 2 is 1.35 bits per heavy atom. The molecule has 0 aliphatic carbocycles. The fraction of sp³-hybridized carbons (Fsp3) is 0.316. The van der Waals surface area contributed by atoms with Crippen LogP contribution in [0.2, 0.25) is 0 Å². The molecule has 3 rings (SSSR count).